The van der Waals surface area contributed by atoms with E-state index in [1.807, 2.05) is 13.0 Å². The average molecular weight is 155 g/mol. The van der Waals surface area contributed by atoms with Crippen LogP contribution in [0.3, 0.4) is 0 Å². The Morgan fingerprint density at radius 2 is 2.27 bits per heavy atom. The maximum atomic E-state index is 4.16. The second kappa shape index (κ2) is 3.34. The van der Waals surface area contributed by atoms with Crippen molar-refractivity contribution >= 4 is 11.0 Å². The molecule has 11 heavy (non-hydrogen) atoms. The van der Waals surface area contributed by atoms with Crippen molar-refractivity contribution in [2.45, 2.75) is 6.92 Å². The Hall–Kier alpha value is -0.380. The molecule has 0 amide bonds. The van der Waals surface area contributed by atoms with Gasteiger partial charge in [-0.1, -0.05) is 11.8 Å². The summed E-state index contributed by atoms with van der Waals surface area (Å²) in [7, 11) is 0. The SMILES string of the molecule is Cc1cc2cncnc2[n-]1.[Na+]. The van der Waals surface area contributed by atoms with Gasteiger partial charge in [-0.2, -0.15) is 0 Å². The number of hydrogen-bond donors (Lipinski definition) is 0. The third kappa shape index (κ3) is 1.61. The third-order valence-electron chi connectivity index (χ3n) is 1.37. The minimum absolute atomic E-state index is 0. The average Bonchev–Trinajstić information content (AvgIpc) is 2.27. The molecule has 0 spiro atoms. The zero-order valence-corrected chi connectivity index (χ0v) is 8.57. The summed E-state index contributed by atoms with van der Waals surface area (Å²) in [5.41, 5.74) is 1.78. The molecule has 0 aliphatic carbocycles. The molecule has 0 saturated heterocycles. The van der Waals surface area contributed by atoms with Gasteiger partial charge in [-0.15, -0.1) is 0 Å². The first-order valence-corrected chi connectivity index (χ1v) is 3.06. The molecule has 0 fully saturated rings. The van der Waals surface area contributed by atoms with E-state index in [1.165, 1.54) is 6.33 Å². The van der Waals surface area contributed by atoms with Crippen LogP contribution in [0.4, 0.5) is 0 Å². The van der Waals surface area contributed by atoms with Crippen LogP contribution in [0.5, 0.6) is 0 Å². The molecule has 0 saturated carbocycles. The predicted octanol–water partition coefficient (Wildman–Crippen LogP) is -2.10. The van der Waals surface area contributed by atoms with Crippen LogP contribution in [-0.4, -0.2) is 9.97 Å². The van der Waals surface area contributed by atoms with Crippen molar-refractivity contribution < 1.29 is 29.6 Å². The molecule has 0 radical (unpaired) electrons. The van der Waals surface area contributed by atoms with Gasteiger partial charge in [-0.3, -0.25) is 4.98 Å². The van der Waals surface area contributed by atoms with E-state index in [0.29, 0.717) is 0 Å². The smallest absolute Gasteiger partial charge is 0.439 e. The van der Waals surface area contributed by atoms with Crippen molar-refractivity contribution in [3.05, 3.63) is 24.3 Å². The molecule has 0 N–H and O–H groups in total. The molecule has 2 aromatic heterocycles. The molecule has 0 atom stereocenters. The number of fused-ring (bicyclic) bond motifs is 1. The number of hydrogen-bond acceptors (Lipinski definition) is 2. The molecule has 0 aromatic carbocycles. The largest absolute Gasteiger partial charge is 1.00 e. The molecule has 4 heteroatoms. The van der Waals surface area contributed by atoms with Gasteiger partial charge in [0.1, 0.15) is 0 Å². The van der Waals surface area contributed by atoms with Gasteiger partial charge in [0, 0.05) is 12.5 Å². The molecule has 0 unspecified atom stereocenters. The molecular formula is C7H6N3Na. The van der Waals surface area contributed by atoms with Gasteiger partial charge in [0.25, 0.3) is 0 Å². The fraction of sp³-hybridized carbons (Fsp3) is 0.143. The molecule has 3 nitrogen and oxygen atoms in total. The Morgan fingerprint density at radius 1 is 1.45 bits per heavy atom. The fourth-order valence-electron chi connectivity index (χ4n) is 0.954. The number of rotatable bonds is 0. The third-order valence-corrected chi connectivity index (χ3v) is 1.37. The molecular weight excluding hydrogens is 149 g/mol. The van der Waals surface area contributed by atoms with Crippen molar-refractivity contribution in [2.24, 2.45) is 0 Å². The summed E-state index contributed by atoms with van der Waals surface area (Å²) in [6.07, 6.45) is 3.27. The summed E-state index contributed by atoms with van der Waals surface area (Å²) in [5, 5.41) is 1.01. The first kappa shape index (κ1) is 8.71. The monoisotopic (exact) mass is 155 g/mol. The Bertz CT molecular complexity index is 322. The summed E-state index contributed by atoms with van der Waals surface area (Å²) >= 11 is 0. The first-order chi connectivity index (χ1) is 4.86. The normalized spacial score (nSPS) is 9.55. The second-order valence-corrected chi connectivity index (χ2v) is 2.20. The van der Waals surface area contributed by atoms with Crippen LogP contribution in [0.1, 0.15) is 5.69 Å². The van der Waals surface area contributed by atoms with E-state index < -0.39 is 0 Å². The zero-order valence-electron chi connectivity index (χ0n) is 6.57. The molecule has 2 heterocycles. The quantitative estimate of drug-likeness (QED) is 0.409. The zero-order chi connectivity index (χ0) is 6.97. The minimum atomic E-state index is 0. The van der Waals surface area contributed by atoms with Crippen molar-refractivity contribution in [2.75, 3.05) is 0 Å². The predicted molar refractivity (Wildman–Crippen MR) is 37.6 cm³/mol. The standard InChI is InChI=1S/C7H6N3.Na/c1-5-2-6-3-8-4-9-7(6)10-5;/h2-4H,1H3;/q-1;+1. The van der Waals surface area contributed by atoms with Gasteiger partial charge in [0.2, 0.25) is 0 Å². The summed E-state index contributed by atoms with van der Waals surface area (Å²) in [6, 6.07) is 1.97. The summed E-state index contributed by atoms with van der Waals surface area (Å²) in [4.78, 5) is 12.0. The number of aromatic nitrogens is 3. The van der Waals surface area contributed by atoms with Crippen LogP contribution >= 0.6 is 0 Å². The molecule has 2 aromatic rings. The van der Waals surface area contributed by atoms with Gasteiger partial charge in [-0.05, 0) is 18.0 Å². The van der Waals surface area contributed by atoms with E-state index in [2.05, 4.69) is 15.0 Å². The van der Waals surface area contributed by atoms with Crippen LogP contribution in [0.25, 0.3) is 11.0 Å². The van der Waals surface area contributed by atoms with E-state index in [0.717, 1.165) is 16.7 Å². The first-order valence-electron chi connectivity index (χ1n) is 3.06. The van der Waals surface area contributed by atoms with Gasteiger partial charge >= 0.3 is 29.6 Å². The van der Waals surface area contributed by atoms with Crippen molar-refractivity contribution in [1.29, 1.82) is 0 Å². The Balaban J connectivity index is 0.000000605. The van der Waals surface area contributed by atoms with E-state index >= 15 is 0 Å². The van der Waals surface area contributed by atoms with Gasteiger partial charge in [0.05, 0.1) is 0 Å². The molecule has 50 valence electrons. The van der Waals surface area contributed by atoms with E-state index in [4.69, 9.17) is 0 Å². The summed E-state index contributed by atoms with van der Waals surface area (Å²) in [5.74, 6) is 0. The Morgan fingerprint density at radius 3 is 3.00 bits per heavy atom. The van der Waals surface area contributed by atoms with Gasteiger partial charge in [-0.25, -0.2) is 0 Å². The summed E-state index contributed by atoms with van der Waals surface area (Å²) in [6.45, 7) is 1.95. The van der Waals surface area contributed by atoms with Crippen molar-refractivity contribution in [3.63, 3.8) is 0 Å². The fourth-order valence-corrected chi connectivity index (χ4v) is 0.954. The minimum Gasteiger partial charge on any atom is -0.439 e. The van der Waals surface area contributed by atoms with Crippen molar-refractivity contribution in [3.8, 4) is 0 Å². The van der Waals surface area contributed by atoms with Crippen molar-refractivity contribution in [1.82, 2.24) is 15.0 Å². The number of aryl methyl sites for hydroxylation is 1. The van der Waals surface area contributed by atoms with Gasteiger partial charge < -0.3 is 9.97 Å². The van der Waals surface area contributed by atoms with Crippen LogP contribution in [0, 0.1) is 6.92 Å². The van der Waals surface area contributed by atoms with Crippen LogP contribution in [0.2, 0.25) is 0 Å². The molecule has 0 bridgehead atoms. The summed E-state index contributed by atoms with van der Waals surface area (Å²) < 4.78 is 0. The van der Waals surface area contributed by atoms with E-state index in [9.17, 15) is 0 Å². The van der Waals surface area contributed by atoms with E-state index in [-0.39, 0.29) is 29.6 Å². The topological polar surface area (TPSA) is 39.9 Å². The van der Waals surface area contributed by atoms with Crippen LogP contribution < -0.4 is 34.5 Å². The number of nitrogens with zero attached hydrogens (tertiary/aromatic N) is 3. The molecule has 2 rings (SSSR count). The van der Waals surface area contributed by atoms with E-state index in [1.54, 1.807) is 6.20 Å². The maximum Gasteiger partial charge on any atom is 1.00 e. The van der Waals surface area contributed by atoms with Crippen LogP contribution in [-0.2, 0) is 0 Å². The van der Waals surface area contributed by atoms with Gasteiger partial charge in [0.15, 0.2) is 0 Å². The Kier molecular flexibility index (Phi) is 2.65. The Labute approximate surface area is 86.5 Å². The molecule has 0 aliphatic rings. The van der Waals surface area contributed by atoms with Crippen LogP contribution in [0.15, 0.2) is 18.6 Å². The second-order valence-electron chi connectivity index (χ2n) is 2.20. The molecule has 0 aliphatic heterocycles. The maximum absolute atomic E-state index is 4.16.